The van der Waals surface area contributed by atoms with E-state index in [2.05, 4.69) is 24.1 Å². The molecule has 1 atom stereocenters. The number of nitrogens with zero attached hydrogens (tertiary/aromatic N) is 1. The van der Waals surface area contributed by atoms with Crippen LogP contribution in [-0.4, -0.2) is 17.0 Å². The van der Waals surface area contributed by atoms with Crippen LogP contribution >= 0.6 is 0 Å². The second-order valence-electron chi connectivity index (χ2n) is 5.49. The second kappa shape index (κ2) is 7.59. The summed E-state index contributed by atoms with van der Waals surface area (Å²) in [6.07, 6.45) is 1.16. The summed E-state index contributed by atoms with van der Waals surface area (Å²) >= 11 is 0. The molecule has 0 bridgehead atoms. The molecule has 0 unspecified atom stereocenters. The maximum Gasteiger partial charge on any atom is 0.261 e. The van der Waals surface area contributed by atoms with Crippen LogP contribution in [0, 0.1) is 0 Å². The maximum atomic E-state index is 12.1. The van der Waals surface area contributed by atoms with Gasteiger partial charge < -0.3 is 10.1 Å². The second-order valence-corrected chi connectivity index (χ2v) is 5.49. The SMILES string of the molecule is CC(C)c1ccccc1O[C@H](C)C(=O)NCc1ccccn1. The molecule has 0 spiro atoms. The zero-order valence-corrected chi connectivity index (χ0v) is 13.2. The highest BCUT2D eigenvalue weighted by molar-refractivity contribution is 5.80. The van der Waals surface area contributed by atoms with Crippen molar-refractivity contribution in [1.29, 1.82) is 0 Å². The number of pyridine rings is 1. The largest absolute Gasteiger partial charge is 0.481 e. The number of amides is 1. The molecule has 0 aliphatic carbocycles. The van der Waals surface area contributed by atoms with Gasteiger partial charge in [0.2, 0.25) is 0 Å². The number of ether oxygens (including phenoxy) is 1. The van der Waals surface area contributed by atoms with Gasteiger partial charge in [-0.25, -0.2) is 0 Å². The first kappa shape index (κ1) is 16.0. The van der Waals surface area contributed by atoms with Gasteiger partial charge in [-0.05, 0) is 36.6 Å². The third kappa shape index (κ3) is 4.32. The van der Waals surface area contributed by atoms with Crippen molar-refractivity contribution in [1.82, 2.24) is 10.3 Å². The number of para-hydroxylation sites is 1. The Labute approximate surface area is 131 Å². The lowest BCUT2D eigenvalue weighted by Crippen LogP contribution is -2.36. The minimum Gasteiger partial charge on any atom is -0.481 e. The number of nitrogens with one attached hydrogen (secondary N) is 1. The van der Waals surface area contributed by atoms with Crippen LogP contribution in [0.4, 0.5) is 0 Å². The van der Waals surface area contributed by atoms with Gasteiger partial charge in [0.1, 0.15) is 5.75 Å². The van der Waals surface area contributed by atoms with Crippen molar-refractivity contribution in [2.24, 2.45) is 0 Å². The molecule has 1 aromatic carbocycles. The fraction of sp³-hybridized carbons (Fsp3) is 0.333. The normalized spacial score (nSPS) is 12.0. The van der Waals surface area contributed by atoms with Crippen LogP contribution in [0.15, 0.2) is 48.7 Å². The summed E-state index contributed by atoms with van der Waals surface area (Å²) in [5.74, 6) is 0.960. The van der Waals surface area contributed by atoms with E-state index in [0.29, 0.717) is 12.5 Å². The first-order valence-corrected chi connectivity index (χ1v) is 7.51. The van der Waals surface area contributed by atoms with Crippen molar-refractivity contribution in [2.75, 3.05) is 0 Å². The molecule has 22 heavy (non-hydrogen) atoms. The van der Waals surface area contributed by atoms with E-state index in [4.69, 9.17) is 4.74 Å². The highest BCUT2D eigenvalue weighted by Crippen LogP contribution is 2.26. The topological polar surface area (TPSA) is 51.2 Å². The van der Waals surface area contributed by atoms with Crippen molar-refractivity contribution in [3.63, 3.8) is 0 Å². The minimum absolute atomic E-state index is 0.149. The van der Waals surface area contributed by atoms with E-state index in [1.807, 2.05) is 42.5 Å². The summed E-state index contributed by atoms with van der Waals surface area (Å²) in [5, 5.41) is 2.84. The molecule has 1 heterocycles. The number of hydrogen-bond acceptors (Lipinski definition) is 3. The van der Waals surface area contributed by atoms with Crippen LogP contribution in [-0.2, 0) is 11.3 Å². The Bertz CT molecular complexity index is 611. The van der Waals surface area contributed by atoms with E-state index in [1.165, 1.54) is 0 Å². The first-order chi connectivity index (χ1) is 10.6. The number of carbonyl (C=O) groups excluding carboxylic acids is 1. The van der Waals surface area contributed by atoms with Crippen LogP contribution in [0.1, 0.15) is 37.9 Å². The monoisotopic (exact) mass is 298 g/mol. The molecule has 1 N–H and O–H groups in total. The molecule has 116 valence electrons. The lowest BCUT2D eigenvalue weighted by molar-refractivity contribution is -0.127. The molecule has 0 radical (unpaired) electrons. The van der Waals surface area contributed by atoms with Gasteiger partial charge in [-0.3, -0.25) is 9.78 Å². The molecule has 0 fully saturated rings. The fourth-order valence-corrected chi connectivity index (χ4v) is 2.13. The molecular formula is C18H22N2O2. The van der Waals surface area contributed by atoms with Gasteiger partial charge in [0.25, 0.3) is 5.91 Å². The lowest BCUT2D eigenvalue weighted by Gasteiger charge is -2.18. The highest BCUT2D eigenvalue weighted by atomic mass is 16.5. The van der Waals surface area contributed by atoms with Crippen molar-refractivity contribution >= 4 is 5.91 Å². The molecule has 0 aliphatic rings. The molecule has 0 aliphatic heterocycles. The summed E-state index contributed by atoms with van der Waals surface area (Å²) in [6.45, 7) is 6.37. The van der Waals surface area contributed by atoms with Gasteiger partial charge >= 0.3 is 0 Å². The Morgan fingerprint density at radius 2 is 1.86 bits per heavy atom. The minimum atomic E-state index is -0.552. The van der Waals surface area contributed by atoms with Gasteiger partial charge in [0, 0.05) is 6.20 Å². The number of benzene rings is 1. The lowest BCUT2D eigenvalue weighted by atomic mass is 10.0. The van der Waals surface area contributed by atoms with Crippen LogP contribution in [0.25, 0.3) is 0 Å². The molecule has 4 heteroatoms. The molecule has 1 amide bonds. The Morgan fingerprint density at radius 3 is 2.55 bits per heavy atom. The predicted octanol–water partition coefficient (Wildman–Crippen LogP) is 3.29. The zero-order valence-electron chi connectivity index (χ0n) is 13.2. The number of carbonyl (C=O) groups is 1. The predicted molar refractivity (Wildman–Crippen MR) is 86.7 cm³/mol. The van der Waals surface area contributed by atoms with Crippen LogP contribution in [0.5, 0.6) is 5.75 Å². The van der Waals surface area contributed by atoms with E-state index in [0.717, 1.165) is 17.0 Å². The van der Waals surface area contributed by atoms with Gasteiger partial charge in [-0.2, -0.15) is 0 Å². The molecule has 0 saturated heterocycles. The van der Waals surface area contributed by atoms with Crippen molar-refractivity contribution in [2.45, 2.75) is 39.3 Å². The Kier molecular flexibility index (Phi) is 5.53. The third-order valence-electron chi connectivity index (χ3n) is 3.38. The Morgan fingerprint density at radius 1 is 1.14 bits per heavy atom. The summed E-state index contributed by atoms with van der Waals surface area (Å²) in [5.41, 5.74) is 1.93. The molecule has 4 nitrogen and oxygen atoms in total. The van der Waals surface area contributed by atoms with Gasteiger partial charge in [-0.15, -0.1) is 0 Å². The van der Waals surface area contributed by atoms with Crippen molar-refractivity contribution in [3.05, 3.63) is 59.9 Å². The van der Waals surface area contributed by atoms with E-state index in [-0.39, 0.29) is 5.91 Å². The van der Waals surface area contributed by atoms with Gasteiger partial charge in [0.05, 0.1) is 12.2 Å². The first-order valence-electron chi connectivity index (χ1n) is 7.51. The van der Waals surface area contributed by atoms with E-state index < -0.39 is 6.10 Å². The standard InChI is InChI=1S/C18H22N2O2/c1-13(2)16-9-4-5-10-17(16)22-14(3)18(21)20-12-15-8-6-7-11-19-15/h4-11,13-14H,12H2,1-3H3,(H,20,21)/t14-/m1/s1. The van der Waals surface area contributed by atoms with Crippen LogP contribution < -0.4 is 10.1 Å². The number of rotatable bonds is 6. The molecule has 2 rings (SSSR count). The van der Waals surface area contributed by atoms with Crippen LogP contribution in [0.2, 0.25) is 0 Å². The maximum absolute atomic E-state index is 12.1. The molecule has 0 saturated carbocycles. The van der Waals surface area contributed by atoms with Gasteiger partial charge in [0.15, 0.2) is 6.10 Å². The average molecular weight is 298 g/mol. The summed E-state index contributed by atoms with van der Waals surface area (Å²) < 4.78 is 5.82. The molecule has 1 aromatic heterocycles. The van der Waals surface area contributed by atoms with Crippen LogP contribution in [0.3, 0.4) is 0 Å². The average Bonchev–Trinajstić information content (AvgIpc) is 2.53. The quantitative estimate of drug-likeness (QED) is 0.890. The molecular weight excluding hydrogens is 276 g/mol. The summed E-state index contributed by atoms with van der Waals surface area (Å²) in [7, 11) is 0. The Hall–Kier alpha value is -2.36. The fourth-order valence-electron chi connectivity index (χ4n) is 2.13. The zero-order chi connectivity index (χ0) is 15.9. The number of aromatic nitrogens is 1. The summed E-state index contributed by atoms with van der Waals surface area (Å²) in [6, 6.07) is 13.4. The highest BCUT2D eigenvalue weighted by Gasteiger charge is 2.16. The molecule has 2 aromatic rings. The van der Waals surface area contributed by atoms with Crippen molar-refractivity contribution in [3.8, 4) is 5.75 Å². The van der Waals surface area contributed by atoms with Crippen molar-refractivity contribution < 1.29 is 9.53 Å². The number of hydrogen-bond donors (Lipinski definition) is 1. The Balaban J connectivity index is 1.94. The van der Waals surface area contributed by atoms with Gasteiger partial charge in [-0.1, -0.05) is 38.1 Å². The summed E-state index contributed by atoms with van der Waals surface area (Å²) in [4.78, 5) is 16.3. The smallest absolute Gasteiger partial charge is 0.261 e. The van der Waals surface area contributed by atoms with E-state index in [1.54, 1.807) is 13.1 Å². The van der Waals surface area contributed by atoms with E-state index in [9.17, 15) is 4.79 Å². The van der Waals surface area contributed by atoms with E-state index >= 15 is 0 Å². The third-order valence-corrected chi connectivity index (χ3v) is 3.38.